The maximum absolute atomic E-state index is 11.1. The molecule has 2 atom stereocenters. The highest BCUT2D eigenvalue weighted by Crippen LogP contribution is 2.16. The molecule has 62 heavy (non-hydrogen) atoms. The van der Waals surface area contributed by atoms with Crippen LogP contribution in [0.2, 0.25) is 0 Å². The van der Waals surface area contributed by atoms with E-state index in [-0.39, 0.29) is 12.7 Å². The van der Waals surface area contributed by atoms with Crippen molar-refractivity contribution < 1.29 is 28.8 Å². The van der Waals surface area contributed by atoms with E-state index in [4.69, 9.17) is 18.9 Å². The lowest BCUT2D eigenvalue weighted by Gasteiger charge is -2.15. The minimum Gasteiger partial charge on any atom is -0.394 e. The first-order valence-corrected chi connectivity index (χ1v) is 26.3. The second-order valence-corrected chi connectivity index (χ2v) is 17.8. The Labute approximate surface area is 383 Å². The first-order valence-electron chi connectivity index (χ1n) is 26.3. The van der Waals surface area contributed by atoms with E-state index in [0.29, 0.717) is 26.4 Å². The van der Waals surface area contributed by atoms with Crippen LogP contribution in [-0.2, 0) is 37.0 Å². The number of unbranched alkanes of at least 4 members (excludes halogenated alkanes) is 30. The largest absolute Gasteiger partial charge is 0.394 e. The standard InChI is InChI=1S/C28H50O3.C28H48O3/c2*1-2-3-4-5-6-7-8-9-10-11-12-13-14-15-16-20-23-30-26-28(24-29)31-25-27-21-18-17-19-22-27/h17-19,21-22,28-29H,2-16,20,23-26H2,1H3;17-19,21-22,24,28H,2-16,20,23,25-26H2,1H3/t2*28-/m00/s1. The summed E-state index contributed by atoms with van der Waals surface area (Å²) in [5, 5.41) is 9.44. The third kappa shape index (κ3) is 40.7. The monoisotopic (exact) mass is 867 g/mol. The molecule has 0 unspecified atom stereocenters. The fraction of sp³-hybridized carbons (Fsp3) is 0.768. The van der Waals surface area contributed by atoms with Crippen molar-refractivity contribution in [1.82, 2.24) is 0 Å². The van der Waals surface area contributed by atoms with E-state index in [1.54, 1.807) is 0 Å². The first-order chi connectivity index (χ1) is 30.7. The number of carbonyl (C=O) groups excluding carboxylic acids is 1. The number of aliphatic hydroxyl groups is 1. The molecule has 6 heteroatoms. The van der Waals surface area contributed by atoms with Crippen molar-refractivity contribution in [3.05, 3.63) is 71.8 Å². The van der Waals surface area contributed by atoms with Gasteiger partial charge in [0.15, 0.2) is 6.29 Å². The molecule has 2 rings (SSSR count). The number of hydrogen-bond donors (Lipinski definition) is 1. The van der Waals surface area contributed by atoms with E-state index < -0.39 is 6.10 Å². The molecule has 2 aromatic carbocycles. The molecule has 0 aliphatic rings. The summed E-state index contributed by atoms with van der Waals surface area (Å²) < 4.78 is 22.7. The SMILES string of the molecule is CCCCCCCCCCCCCCCCCCOC[C@H](C=O)OCc1ccccc1.CCCCCCCCCCCCCCCCCCOC[C@H](CO)OCc1ccccc1. The summed E-state index contributed by atoms with van der Waals surface area (Å²) in [6, 6.07) is 20.0. The Kier molecular flexibility index (Phi) is 45.2. The van der Waals surface area contributed by atoms with Gasteiger partial charge in [-0.2, -0.15) is 0 Å². The van der Waals surface area contributed by atoms with Crippen molar-refractivity contribution in [2.24, 2.45) is 0 Å². The van der Waals surface area contributed by atoms with Crippen molar-refractivity contribution in [2.45, 2.75) is 245 Å². The van der Waals surface area contributed by atoms with Gasteiger partial charge in [-0.15, -0.1) is 0 Å². The molecule has 0 aliphatic carbocycles. The summed E-state index contributed by atoms with van der Waals surface area (Å²) >= 11 is 0. The summed E-state index contributed by atoms with van der Waals surface area (Å²) in [5.74, 6) is 0. The molecule has 0 radical (unpaired) electrons. The average Bonchev–Trinajstić information content (AvgIpc) is 3.31. The number of aliphatic hydroxyl groups excluding tert-OH is 1. The zero-order valence-corrected chi connectivity index (χ0v) is 40.6. The molecule has 358 valence electrons. The molecular formula is C56H98O6. The van der Waals surface area contributed by atoms with Gasteiger partial charge in [0.2, 0.25) is 0 Å². The summed E-state index contributed by atoms with van der Waals surface area (Å²) in [6.45, 7) is 7.87. The molecule has 0 aliphatic heterocycles. The zero-order chi connectivity index (χ0) is 44.5. The van der Waals surface area contributed by atoms with E-state index in [1.807, 2.05) is 60.7 Å². The average molecular weight is 867 g/mol. The smallest absolute Gasteiger partial charge is 0.151 e. The molecule has 0 saturated heterocycles. The van der Waals surface area contributed by atoms with Gasteiger partial charge in [-0.25, -0.2) is 0 Å². The van der Waals surface area contributed by atoms with Crippen LogP contribution in [0, 0.1) is 0 Å². The molecule has 0 aromatic heterocycles. The number of benzene rings is 2. The fourth-order valence-corrected chi connectivity index (χ4v) is 7.76. The Balaban J connectivity index is 0.000000620. The zero-order valence-electron chi connectivity index (χ0n) is 40.6. The van der Waals surface area contributed by atoms with Gasteiger partial charge < -0.3 is 28.8 Å². The van der Waals surface area contributed by atoms with Crippen molar-refractivity contribution in [3.63, 3.8) is 0 Å². The van der Waals surface area contributed by atoms with Crippen LogP contribution < -0.4 is 0 Å². The third-order valence-corrected chi connectivity index (χ3v) is 11.9. The maximum Gasteiger partial charge on any atom is 0.151 e. The minimum absolute atomic E-state index is 0.00575. The molecule has 0 saturated carbocycles. The van der Waals surface area contributed by atoms with Crippen LogP contribution in [0.5, 0.6) is 0 Å². The maximum atomic E-state index is 11.1. The molecule has 1 N–H and O–H groups in total. The van der Waals surface area contributed by atoms with Gasteiger partial charge in [-0.05, 0) is 24.0 Å². The fourth-order valence-electron chi connectivity index (χ4n) is 7.76. The van der Waals surface area contributed by atoms with Crippen molar-refractivity contribution in [3.8, 4) is 0 Å². The molecule has 2 aromatic rings. The van der Waals surface area contributed by atoms with Gasteiger partial charge in [0.05, 0.1) is 33.0 Å². The number of aldehydes is 1. The highest BCUT2D eigenvalue weighted by atomic mass is 16.5. The molecular weight excluding hydrogens is 769 g/mol. The Morgan fingerprint density at radius 3 is 1.05 bits per heavy atom. The Morgan fingerprint density at radius 2 is 0.726 bits per heavy atom. The first kappa shape index (κ1) is 57.9. The summed E-state index contributed by atoms with van der Waals surface area (Å²) in [6.07, 6.45) is 44.2. The van der Waals surface area contributed by atoms with Gasteiger partial charge in [-0.1, -0.05) is 267 Å². The second kappa shape index (κ2) is 48.4. The van der Waals surface area contributed by atoms with Gasteiger partial charge >= 0.3 is 0 Å². The summed E-state index contributed by atoms with van der Waals surface area (Å²) in [7, 11) is 0. The highest BCUT2D eigenvalue weighted by Gasteiger charge is 2.09. The number of ether oxygens (including phenoxy) is 4. The Hall–Kier alpha value is -2.09. The molecule has 0 amide bonds. The van der Waals surface area contributed by atoms with Crippen molar-refractivity contribution in [1.29, 1.82) is 0 Å². The normalized spacial score (nSPS) is 12.2. The summed E-state index contributed by atoms with van der Waals surface area (Å²) in [5.41, 5.74) is 2.20. The predicted octanol–water partition coefficient (Wildman–Crippen LogP) is 15.9. The van der Waals surface area contributed by atoms with Gasteiger partial charge in [-0.3, -0.25) is 0 Å². The Morgan fingerprint density at radius 1 is 0.419 bits per heavy atom. The van der Waals surface area contributed by atoms with Gasteiger partial charge in [0.1, 0.15) is 12.2 Å². The quantitative estimate of drug-likeness (QED) is 0.0528. The molecule has 0 fully saturated rings. The van der Waals surface area contributed by atoms with Crippen LogP contribution >= 0.6 is 0 Å². The molecule has 0 heterocycles. The molecule has 0 spiro atoms. The lowest BCUT2D eigenvalue weighted by Crippen LogP contribution is -2.24. The number of rotatable bonds is 46. The van der Waals surface area contributed by atoms with E-state index >= 15 is 0 Å². The van der Waals surface area contributed by atoms with Gasteiger partial charge in [0.25, 0.3) is 0 Å². The second-order valence-electron chi connectivity index (χ2n) is 17.8. The van der Waals surface area contributed by atoms with E-state index in [9.17, 15) is 9.90 Å². The number of hydrogen-bond acceptors (Lipinski definition) is 6. The van der Waals surface area contributed by atoms with E-state index in [0.717, 1.165) is 43.5 Å². The van der Waals surface area contributed by atoms with Crippen LogP contribution in [0.1, 0.15) is 230 Å². The third-order valence-electron chi connectivity index (χ3n) is 11.9. The number of carbonyl (C=O) groups is 1. The minimum atomic E-state index is -0.471. The predicted molar refractivity (Wildman–Crippen MR) is 264 cm³/mol. The Bertz CT molecular complexity index is 1130. The molecule has 0 bridgehead atoms. The van der Waals surface area contributed by atoms with Crippen molar-refractivity contribution >= 4 is 6.29 Å². The topological polar surface area (TPSA) is 74.2 Å². The molecule has 6 nitrogen and oxygen atoms in total. The van der Waals surface area contributed by atoms with Crippen LogP contribution in [0.3, 0.4) is 0 Å². The van der Waals surface area contributed by atoms with Crippen LogP contribution in [-0.4, -0.2) is 56.6 Å². The van der Waals surface area contributed by atoms with Crippen molar-refractivity contribution in [2.75, 3.05) is 33.0 Å². The van der Waals surface area contributed by atoms with Crippen LogP contribution in [0.15, 0.2) is 60.7 Å². The van der Waals surface area contributed by atoms with E-state index in [2.05, 4.69) is 13.8 Å². The van der Waals surface area contributed by atoms with Crippen LogP contribution in [0.25, 0.3) is 0 Å². The highest BCUT2D eigenvalue weighted by molar-refractivity contribution is 5.56. The van der Waals surface area contributed by atoms with Gasteiger partial charge in [0, 0.05) is 13.2 Å². The van der Waals surface area contributed by atoms with Crippen LogP contribution in [0.4, 0.5) is 0 Å². The lowest BCUT2D eigenvalue weighted by atomic mass is 10.0. The van der Waals surface area contributed by atoms with E-state index in [1.165, 1.54) is 193 Å². The summed E-state index contributed by atoms with van der Waals surface area (Å²) in [4.78, 5) is 11.1. The lowest BCUT2D eigenvalue weighted by molar-refractivity contribution is -0.123.